The van der Waals surface area contributed by atoms with E-state index in [9.17, 15) is 17.6 Å². The van der Waals surface area contributed by atoms with Gasteiger partial charge in [-0.05, 0) is 31.2 Å². The Balaban J connectivity index is 2.20. The Kier molecular flexibility index (Phi) is 4.15. The van der Waals surface area contributed by atoms with Crippen molar-refractivity contribution in [2.75, 3.05) is 5.32 Å². The summed E-state index contributed by atoms with van der Waals surface area (Å²) in [6, 6.07) is 4.35. The molecule has 0 aliphatic carbocycles. The number of amides is 1. The van der Waals surface area contributed by atoms with Crippen LogP contribution in [0.4, 0.5) is 9.52 Å². The van der Waals surface area contributed by atoms with E-state index in [4.69, 9.17) is 0 Å². The number of thiazole rings is 1. The second kappa shape index (κ2) is 5.68. The zero-order valence-electron chi connectivity index (χ0n) is 10.4. The van der Waals surface area contributed by atoms with Crippen molar-refractivity contribution in [1.82, 2.24) is 4.98 Å². The summed E-state index contributed by atoms with van der Waals surface area (Å²) in [5.74, 6) is -1.21. The minimum Gasteiger partial charge on any atom is -0.301 e. The van der Waals surface area contributed by atoms with Crippen LogP contribution < -0.4 is 5.32 Å². The van der Waals surface area contributed by atoms with Gasteiger partial charge in [0.2, 0.25) is 5.91 Å². The van der Waals surface area contributed by atoms with Gasteiger partial charge in [0, 0.05) is 11.6 Å². The van der Waals surface area contributed by atoms with E-state index in [1.54, 1.807) is 5.38 Å². The summed E-state index contributed by atoms with van der Waals surface area (Å²) in [7, 11) is -3.86. The molecule has 0 aliphatic rings. The molecule has 5 nitrogen and oxygen atoms in total. The van der Waals surface area contributed by atoms with Crippen LogP contribution in [0.1, 0.15) is 6.92 Å². The Labute approximate surface area is 119 Å². The molecule has 1 unspecified atom stereocenters. The molecule has 1 heterocycles. The van der Waals surface area contributed by atoms with Gasteiger partial charge in [0.25, 0.3) is 0 Å². The quantitative estimate of drug-likeness (QED) is 0.877. The Hall–Kier alpha value is -1.80. The van der Waals surface area contributed by atoms with Gasteiger partial charge in [0.1, 0.15) is 11.1 Å². The second-order valence-electron chi connectivity index (χ2n) is 3.97. The third kappa shape index (κ3) is 3.02. The summed E-state index contributed by atoms with van der Waals surface area (Å²) in [5.41, 5.74) is 0. The molecule has 0 saturated heterocycles. The maximum atomic E-state index is 12.8. The van der Waals surface area contributed by atoms with Crippen LogP contribution in [-0.2, 0) is 14.6 Å². The molecule has 0 radical (unpaired) electrons. The second-order valence-corrected chi connectivity index (χ2v) is 7.13. The summed E-state index contributed by atoms with van der Waals surface area (Å²) >= 11 is 1.19. The summed E-state index contributed by atoms with van der Waals surface area (Å²) < 4.78 is 37.2. The number of benzene rings is 1. The number of rotatable bonds is 4. The number of nitrogens with zero attached hydrogens (tertiary/aromatic N) is 1. The molecular weight excluding hydrogens is 303 g/mol. The highest BCUT2D eigenvalue weighted by molar-refractivity contribution is 7.92. The molecule has 8 heteroatoms. The fourth-order valence-corrected chi connectivity index (χ4v) is 3.26. The number of sulfone groups is 1. The van der Waals surface area contributed by atoms with Gasteiger partial charge >= 0.3 is 0 Å². The number of aromatic nitrogens is 1. The molecular formula is C12H11FN2O3S2. The SMILES string of the molecule is CC(C(=O)Nc1nccs1)S(=O)(=O)c1ccc(F)cc1. The molecule has 0 aliphatic heterocycles. The third-order valence-electron chi connectivity index (χ3n) is 2.64. The summed E-state index contributed by atoms with van der Waals surface area (Å²) in [6.07, 6.45) is 1.50. The Morgan fingerprint density at radius 3 is 2.55 bits per heavy atom. The van der Waals surface area contributed by atoms with Gasteiger partial charge < -0.3 is 5.32 Å². The zero-order valence-corrected chi connectivity index (χ0v) is 12.0. The molecule has 1 amide bonds. The van der Waals surface area contributed by atoms with Crippen molar-refractivity contribution < 1.29 is 17.6 Å². The van der Waals surface area contributed by atoms with Crippen molar-refractivity contribution in [3.05, 3.63) is 41.7 Å². The molecule has 0 bridgehead atoms. The molecule has 1 atom stereocenters. The highest BCUT2D eigenvalue weighted by Gasteiger charge is 2.30. The monoisotopic (exact) mass is 314 g/mol. The van der Waals surface area contributed by atoms with Crippen LogP contribution >= 0.6 is 11.3 Å². The van der Waals surface area contributed by atoms with Crippen LogP contribution in [-0.4, -0.2) is 24.6 Å². The first-order chi connectivity index (χ1) is 9.41. The van der Waals surface area contributed by atoms with Crippen LogP contribution in [0.2, 0.25) is 0 Å². The molecule has 0 saturated carbocycles. The van der Waals surface area contributed by atoms with E-state index in [1.165, 1.54) is 24.5 Å². The Bertz CT molecular complexity index is 697. The third-order valence-corrected chi connectivity index (χ3v) is 5.40. The Morgan fingerprint density at radius 2 is 2.00 bits per heavy atom. The van der Waals surface area contributed by atoms with Crippen LogP contribution in [0.5, 0.6) is 0 Å². The van der Waals surface area contributed by atoms with E-state index < -0.39 is 26.8 Å². The number of hydrogen-bond acceptors (Lipinski definition) is 5. The minimum absolute atomic E-state index is 0.0966. The van der Waals surface area contributed by atoms with E-state index in [0.717, 1.165) is 24.3 Å². The van der Waals surface area contributed by atoms with Crippen LogP contribution in [0.15, 0.2) is 40.7 Å². The lowest BCUT2D eigenvalue weighted by atomic mass is 10.3. The largest absolute Gasteiger partial charge is 0.301 e. The van der Waals surface area contributed by atoms with E-state index in [2.05, 4.69) is 10.3 Å². The number of halogens is 1. The zero-order chi connectivity index (χ0) is 14.8. The highest BCUT2D eigenvalue weighted by atomic mass is 32.2. The number of carbonyl (C=O) groups is 1. The van der Waals surface area contributed by atoms with Gasteiger partial charge in [0.05, 0.1) is 4.90 Å². The van der Waals surface area contributed by atoms with Crippen LogP contribution in [0.3, 0.4) is 0 Å². The average Bonchev–Trinajstić information content (AvgIpc) is 2.91. The van der Waals surface area contributed by atoms with E-state index in [1.807, 2.05) is 0 Å². The molecule has 0 spiro atoms. The van der Waals surface area contributed by atoms with Gasteiger partial charge in [-0.2, -0.15) is 0 Å². The lowest BCUT2D eigenvalue weighted by Crippen LogP contribution is -2.32. The molecule has 0 fully saturated rings. The lowest BCUT2D eigenvalue weighted by molar-refractivity contribution is -0.115. The molecule has 1 aromatic heterocycles. The van der Waals surface area contributed by atoms with E-state index in [0.29, 0.717) is 5.13 Å². The van der Waals surface area contributed by atoms with Crippen molar-refractivity contribution in [2.24, 2.45) is 0 Å². The molecule has 20 heavy (non-hydrogen) atoms. The van der Waals surface area contributed by atoms with Gasteiger partial charge in [-0.1, -0.05) is 0 Å². The summed E-state index contributed by atoms with van der Waals surface area (Å²) in [6.45, 7) is 1.28. The number of hydrogen-bond donors (Lipinski definition) is 1. The van der Waals surface area contributed by atoms with Crippen molar-refractivity contribution in [1.29, 1.82) is 0 Å². The van der Waals surface area contributed by atoms with Gasteiger partial charge in [0.15, 0.2) is 15.0 Å². The first-order valence-electron chi connectivity index (χ1n) is 5.61. The molecule has 106 valence electrons. The predicted octanol–water partition coefficient (Wildman–Crippen LogP) is 2.08. The molecule has 1 aromatic carbocycles. The van der Waals surface area contributed by atoms with Crippen LogP contribution in [0.25, 0.3) is 0 Å². The van der Waals surface area contributed by atoms with Crippen LogP contribution in [0, 0.1) is 5.82 Å². The number of carbonyl (C=O) groups excluding carboxylic acids is 1. The number of anilines is 1. The van der Waals surface area contributed by atoms with Crippen molar-refractivity contribution >= 4 is 32.2 Å². The predicted molar refractivity (Wildman–Crippen MR) is 73.8 cm³/mol. The summed E-state index contributed by atoms with van der Waals surface area (Å²) in [5, 5.41) is 3.12. The van der Waals surface area contributed by atoms with E-state index in [-0.39, 0.29) is 4.90 Å². The fraction of sp³-hybridized carbons (Fsp3) is 0.167. The van der Waals surface area contributed by atoms with Gasteiger partial charge in [-0.3, -0.25) is 4.79 Å². The maximum absolute atomic E-state index is 12.8. The van der Waals surface area contributed by atoms with Crippen molar-refractivity contribution in [3.8, 4) is 0 Å². The molecule has 1 N–H and O–H groups in total. The number of nitrogens with one attached hydrogen (secondary N) is 1. The topological polar surface area (TPSA) is 76.1 Å². The lowest BCUT2D eigenvalue weighted by Gasteiger charge is -2.12. The standard InChI is InChI=1S/C12H11FN2O3S2/c1-8(11(16)15-12-14-6-7-19-12)20(17,18)10-4-2-9(13)3-5-10/h2-8H,1H3,(H,14,15,16). The van der Waals surface area contributed by atoms with E-state index >= 15 is 0 Å². The normalized spacial score (nSPS) is 12.9. The maximum Gasteiger partial charge on any atom is 0.244 e. The Morgan fingerprint density at radius 1 is 1.35 bits per heavy atom. The average molecular weight is 314 g/mol. The minimum atomic E-state index is -3.86. The van der Waals surface area contributed by atoms with Crippen molar-refractivity contribution in [3.63, 3.8) is 0 Å². The first-order valence-corrected chi connectivity index (χ1v) is 8.03. The van der Waals surface area contributed by atoms with Gasteiger partial charge in [-0.25, -0.2) is 17.8 Å². The van der Waals surface area contributed by atoms with Gasteiger partial charge in [-0.15, -0.1) is 11.3 Å². The molecule has 2 rings (SSSR count). The fourth-order valence-electron chi connectivity index (χ4n) is 1.46. The smallest absolute Gasteiger partial charge is 0.244 e. The first kappa shape index (κ1) is 14.6. The summed E-state index contributed by atoms with van der Waals surface area (Å²) in [4.78, 5) is 15.7. The highest BCUT2D eigenvalue weighted by Crippen LogP contribution is 2.18. The van der Waals surface area contributed by atoms with Crippen molar-refractivity contribution in [2.45, 2.75) is 17.1 Å². The molecule has 2 aromatic rings.